The fourth-order valence-corrected chi connectivity index (χ4v) is 2.84. The second kappa shape index (κ2) is 5.41. The normalized spacial score (nSPS) is 22.2. The standard InChI is InChI=1S/C14H25N3O/c1-11-16-12(10-17(11)2)13(15)14(18)8-6-4-3-5-7-9-14/h10,13,18H,3-9,15H2,1-2H3. The first kappa shape index (κ1) is 13.6. The molecule has 0 radical (unpaired) electrons. The molecule has 0 spiro atoms. The van der Waals surface area contributed by atoms with E-state index in [1.165, 1.54) is 19.3 Å². The van der Waals surface area contributed by atoms with Gasteiger partial charge in [-0.1, -0.05) is 32.1 Å². The second-order valence-corrected chi connectivity index (χ2v) is 5.67. The van der Waals surface area contributed by atoms with Crippen LogP contribution in [0.1, 0.15) is 62.5 Å². The Bertz CT molecular complexity index is 372. The van der Waals surface area contributed by atoms with Crippen LogP contribution in [-0.4, -0.2) is 20.3 Å². The number of aliphatic hydroxyl groups is 1. The largest absolute Gasteiger partial charge is 0.388 e. The van der Waals surface area contributed by atoms with E-state index in [9.17, 15) is 5.11 Å². The van der Waals surface area contributed by atoms with E-state index in [1.807, 2.05) is 24.7 Å². The minimum Gasteiger partial charge on any atom is -0.388 e. The summed E-state index contributed by atoms with van der Waals surface area (Å²) >= 11 is 0. The SMILES string of the molecule is Cc1nc(C(N)C2(O)CCCCCCC2)cn1C. The summed E-state index contributed by atoms with van der Waals surface area (Å²) in [5.41, 5.74) is 6.32. The summed E-state index contributed by atoms with van der Waals surface area (Å²) in [5, 5.41) is 10.8. The van der Waals surface area contributed by atoms with Gasteiger partial charge in [0, 0.05) is 13.2 Å². The summed E-state index contributed by atoms with van der Waals surface area (Å²) in [7, 11) is 1.96. The van der Waals surface area contributed by atoms with Gasteiger partial charge in [-0.05, 0) is 19.8 Å². The summed E-state index contributed by atoms with van der Waals surface area (Å²) in [6, 6.07) is -0.365. The Morgan fingerprint density at radius 1 is 1.28 bits per heavy atom. The van der Waals surface area contributed by atoms with Crippen LogP contribution in [0.2, 0.25) is 0 Å². The number of aryl methyl sites for hydroxylation is 2. The molecular weight excluding hydrogens is 226 g/mol. The zero-order valence-corrected chi connectivity index (χ0v) is 11.5. The highest BCUT2D eigenvalue weighted by Gasteiger charge is 2.36. The second-order valence-electron chi connectivity index (χ2n) is 5.67. The molecule has 4 nitrogen and oxygen atoms in total. The summed E-state index contributed by atoms with van der Waals surface area (Å²) in [6.07, 6.45) is 9.36. The van der Waals surface area contributed by atoms with Gasteiger partial charge < -0.3 is 15.4 Å². The predicted molar refractivity (Wildman–Crippen MR) is 72.1 cm³/mol. The molecule has 3 N–H and O–H groups in total. The maximum absolute atomic E-state index is 10.8. The third-order valence-electron chi connectivity index (χ3n) is 4.24. The van der Waals surface area contributed by atoms with E-state index in [1.54, 1.807) is 0 Å². The molecule has 0 aliphatic heterocycles. The van der Waals surface area contributed by atoms with Gasteiger partial charge in [-0.3, -0.25) is 0 Å². The lowest BCUT2D eigenvalue weighted by atomic mass is 9.81. The number of hydrogen-bond acceptors (Lipinski definition) is 3. The van der Waals surface area contributed by atoms with Crippen LogP contribution in [0, 0.1) is 6.92 Å². The lowest BCUT2D eigenvalue weighted by molar-refractivity contribution is -0.0120. The van der Waals surface area contributed by atoms with Crippen molar-refractivity contribution in [3.8, 4) is 0 Å². The number of nitrogens with zero attached hydrogens (tertiary/aromatic N) is 2. The van der Waals surface area contributed by atoms with Crippen LogP contribution >= 0.6 is 0 Å². The molecule has 2 rings (SSSR count). The van der Waals surface area contributed by atoms with Crippen LogP contribution in [0.3, 0.4) is 0 Å². The molecule has 0 saturated heterocycles. The maximum atomic E-state index is 10.8. The minimum absolute atomic E-state index is 0.365. The summed E-state index contributed by atoms with van der Waals surface area (Å²) < 4.78 is 1.96. The van der Waals surface area contributed by atoms with Crippen molar-refractivity contribution in [2.45, 2.75) is 63.5 Å². The van der Waals surface area contributed by atoms with Gasteiger partial charge in [0.15, 0.2) is 0 Å². The molecule has 1 aliphatic carbocycles. The van der Waals surface area contributed by atoms with E-state index in [-0.39, 0.29) is 6.04 Å². The van der Waals surface area contributed by atoms with E-state index in [2.05, 4.69) is 4.98 Å². The van der Waals surface area contributed by atoms with Crippen LogP contribution in [0.15, 0.2) is 6.20 Å². The number of aromatic nitrogens is 2. The molecule has 0 bridgehead atoms. The Morgan fingerprint density at radius 2 is 1.83 bits per heavy atom. The molecule has 4 heteroatoms. The van der Waals surface area contributed by atoms with Crippen LogP contribution in [-0.2, 0) is 7.05 Å². The van der Waals surface area contributed by atoms with Gasteiger partial charge in [-0.2, -0.15) is 0 Å². The quantitative estimate of drug-likeness (QED) is 0.847. The Labute approximate surface area is 109 Å². The molecule has 1 saturated carbocycles. The summed E-state index contributed by atoms with van der Waals surface area (Å²) in [5.74, 6) is 0.940. The lowest BCUT2D eigenvalue weighted by Gasteiger charge is -2.34. The Balaban J connectivity index is 2.16. The molecule has 1 aromatic heterocycles. The predicted octanol–water partition coefficient (Wildman–Crippen LogP) is 2.20. The first-order chi connectivity index (χ1) is 8.53. The molecule has 0 amide bonds. The van der Waals surface area contributed by atoms with Gasteiger partial charge in [0.05, 0.1) is 17.3 Å². The average Bonchev–Trinajstić information content (AvgIpc) is 2.64. The van der Waals surface area contributed by atoms with Crippen molar-refractivity contribution in [3.05, 3.63) is 17.7 Å². The van der Waals surface area contributed by atoms with Gasteiger partial charge >= 0.3 is 0 Å². The monoisotopic (exact) mass is 251 g/mol. The van der Waals surface area contributed by atoms with Gasteiger partial charge in [0.2, 0.25) is 0 Å². The van der Waals surface area contributed by atoms with E-state index in [0.29, 0.717) is 0 Å². The fraction of sp³-hybridized carbons (Fsp3) is 0.786. The Hall–Kier alpha value is -0.870. The molecule has 18 heavy (non-hydrogen) atoms. The topological polar surface area (TPSA) is 64.1 Å². The summed E-state index contributed by atoms with van der Waals surface area (Å²) in [6.45, 7) is 1.96. The minimum atomic E-state index is -0.777. The first-order valence-electron chi connectivity index (χ1n) is 7.01. The molecule has 1 aromatic rings. The van der Waals surface area contributed by atoms with Crippen molar-refractivity contribution in [2.75, 3.05) is 0 Å². The third kappa shape index (κ3) is 2.75. The maximum Gasteiger partial charge on any atom is 0.105 e. The van der Waals surface area contributed by atoms with Crippen molar-refractivity contribution < 1.29 is 5.11 Å². The zero-order chi connectivity index (χ0) is 13.2. The molecule has 1 fully saturated rings. The van der Waals surface area contributed by atoms with Crippen molar-refractivity contribution >= 4 is 0 Å². The third-order valence-corrected chi connectivity index (χ3v) is 4.24. The van der Waals surface area contributed by atoms with Crippen molar-refractivity contribution in [3.63, 3.8) is 0 Å². The van der Waals surface area contributed by atoms with Crippen LogP contribution < -0.4 is 5.73 Å². The molecular formula is C14H25N3O. The van der Waals surface area contributed by atoms with Crippen LogP contribution in [0.5, 0.6) is 0 Å². The fourth-order valence-electron chi connectivity index (χ4n) is 2.84. The van der Waals surface area contributed by atoms with Gasteiger partial charge in [0.25, 0.3) is 0 Å². The van der Waals surface area contributed by atoms with Crippen molar-refractivity contribution in [1.29, 1.82) is 0 Å². The highest BCUT2D eigenvalue weighted by Crippen LogP contribution is 2.34. The number of nitrogens with two attached hydrogens (primary N) is 1. The van der Waals surface area contributed by atoms with Gasteiger partial charge in [-0.15, -0.1) is 0 Å². The highest BCUT2D eigenvalue weighted by atomic mass is 16.3. The van der Waals surface area contributed by atoms with Gasteiger partial charge in [0.1, 0.15) is 5.82 Å². The smallest absolute Gasteiger partial charge is 0.105 e. The van der Waals surface area contributed by atoms with E-state index >= 15 is 0 Å². The van der Waals surface area contributed by atoms with Gasteiger partial charge in [-0.25, -0.2) is 4.98 Å². The van der Waals surface area contributed by atoms with E-state index in [0.717, 1.165) is 37.2 Å². The Morgan fingerprint density at radius 3 is 2.33 bits per heavy atom. The number of rotatable bonds is 2. The van der Waals surface area contributed by atoms with Crippen LogP contribution in [0.4, 0.5) is 0 Å². The van der Waals surface area contributed by atoms with Crippen molar-refractivity contribution in [1.82, 2.24) is 9.55 Å². The zero-order valence-electron chi connectivity index (χ0n) is 11.5. The van der Waals surface area contributed by atoms with Crippen LogP contribution in [0.25, 0.3) is 0 Å². The summed E-state index contributed by atoms with van der Waals surface area (Å²) in [4.78, 5) is 4.46. The Kier molecular flexibility index (Phi) is 4.07. The number of hydrogen-bond donors (Lipinski definition) is 2. The average molecular weight is 251 g/mol. The van der Waals surface area contributed by atoms with E-state index < -0.39 is 5.60 Å². The molecule has 1 atom stereocenters. The lowest BCUT2D eigenvalue weighted by Crippen LogP contribution is -2.42. The number of imidazole rings is 1. The van der Waals surface area contributed by atoms with E-state index in [4.69, 9.17) is 5.73 Å². The molecule has 1 aliphatic rings. The van der Waals surface area contributed by atoms with Crippen molar-refractivity contribution in [2.24, 2.45) is 12.8 Å². The molecule has 0 aromatic carbocycles. The molecule has 1 unspecified atom stereocenters. The molecule has 1 heterocycles. The highest BCUT2D eigenvalue weighted by molar-refractivity contribution is 5.12. The molecule has 102 valence electrons. The first-order valence-corrected chi connectivity index (χ1v) is 7.01.